The molecule has 0 N–H and O–H groups in total. The maximum atomic E-state index is 11.4. The molecule has 1 fully saturated rings. The number of hydrogen-bond acceptors (Lipinski definition) is 1. The maximum Gasteiger partial charge on any atom is 0.155 e. The molecule has 0 aromatic rings. The number of carbonyl (C=O) groups is 1. The Bertz CT molecular complexity index is 339. The van der Waals surface area contributed by atoms with Crippen LogP contribution in [0.25, 0.3) is 0 Å². The van der Waals surface area contributed by atoms with Gasteiger partial charge in [0.2, 0.25) is 0 Å². The lowest BCUT2D eigenvalue weighted by Gasteiger charge is -2.44. The lowest BCUT2D eigenvalue weighted by Crippen LogP contribution is -2.38. The molecule has 1 saturated carbocycles. The fourth-order valence-corrected chi connectivity index (χ4v) is 3.77. The molecular weight excluding hydrogens is 299 g/mol. The minimum absolute atomic E-state index is 0.143. The predicted octanol–water partition coefficient (Wildman–Crippen LogP) is 3.13. The van der Waals surface area contributed by atoms with Crippen LogP contribution >= 0.6 is 22.6 Å². The Labute approximate surface area is 105 Å². The van der Waals surface area contributed by atoms with Crippen molar-refractivity contribution >= 4 is 28.4 Å². The van der Waals surface area contributed by atoms with Crippen LogP contribution in [0.5, 0.6) is 0 Å². The smallest absolute Gasteiger partial charge is 0.155 e. The molecule has 2 aliphatic carbocycles. The fraction of sp³-hybridized carbons (Fsp3) is 0.615. The van der Waals surface area contributed by atoms with Crippen molar-refractivity contribution in [2.45, 2.75) is 36.0 Å². The quantitative estimate of drug-likeness (QED) is 0.413. The van der Waals surface area contributed by atoms with Crippen LogP contribution in [-0.2, 0) is 4.79 Å². The van der Waals surface area contributed by atoms with Gasteiger partial charge in [-0.05, 0) is 31.3 Å². The normalized spacial score (nSPS) is 39.6. The summed E-state index contributed by atoms with van der Waals surface area (Å²) in [6.45, 7) is 0. The summed E-state index contributed by atoms with van der Waals surface area (Å²) >= 11 is 2.50. The van der Waals surface area contributed by atoms with E-state index in [1.165, 1.54) is 6.42 Å². The zero-order chi connectivity index (χ0) is 10.9. The highest BCUT2D eigenvalue weighted by atomic mass is 127. The topological polar surface area (TPSA) is 17.1 Å². The van der Waals surface area contributed by atoms with Crippen molar-refractivity contribution in [3.8, 4) is 12.3 Å². The molecule has 15 heavy (non-hydrogen) atoms. The molecule has 0 spiro atoms. The van der Waals surface area contributed by atoms with Gasteiger partial charge in [-0.15, -0.1) is 12.3 Å². The number of carbonyl (C=O) groups excluding carboxylic acids is 1. The minimum atomic E-state index is 0.143. The number of rotatable bonds is 1. The zero-order valence-corrected chi connectivity index (χ0v) is 10.9. The van der Waals surface area contributed by atoms with E-state index in [2.05, 4.69) is 34.6 Å². The van der Waals surface area contributed by atoms with Crippen LogP contribution in [0.15, 0.2) is 12.2 Å². The second-order valence-electron chi connectivity index (χ2n) is 4.69. The van der Waals surface area contributed by atoms with Gasteiger partial charge in [0, 0.05) is 22.2 Å². The summed E-state index contributed by atoms with van der Waals surface area (Å²) in [6, 6.07) is 0. The molecule has 0 aromatic carbocycles. The SMILES string of the molecule is C#CC[C@@]12C=CC(=O)C[C@@H]1CC(I)CC2. The standard InChI is InChI=1S/C13H15IO/c1-2-5-13-6-3-11(14)8-10(13)9-12(15)4-7-13/h1,4,7,10-11H,3,5-6,8-9H2/t10-,11?,13+/m0/s1. The van der Waals surface area contributed by atoms with Gasteiger partial charge in [-0.25, -0.2) is 0 Å². The van der Waals surface area contributed by atoms with Crippen molar-refractivity contribution in [2.24, 2.45) is 11.3 Å². The van der Waals surface area contributed by atoms with Crippen LogP contribution in [-0.4, -0.2) is 9.71 Å². The van der Waals surface area contributed by atoms with Crippen LogP contribution in [0.4, 0.5) is 0 Å². The molecule has 2 heteroatoms. The molecule has 2 rings (SSSR count). The summed E-state index contributed by atoms with van der Waals surface area (Å²) in [5.74, 6) is 3.56. The minimum Gasteiger partial charge on any atom is -0.295 e. The van der Waals surface area contributed by atoms with E-state index < -0.39 is 0 Å². The molecule has 0 aromatic heterocycles. The highest BCUT2D eigenvalue weighted by Crippen LogP contribution is 2.50. The zero-order valence-electron chi connectivity index (χ0n) is 8.71. The van der Waals surface area contributed by atoms with Crippen LogP contribution in [0, 0.1) is 23.7 Å². The van der Waals surface area contributed by atoms with E-state index >= 15 is 0 Å². The number of alkyl halides is 1. The van der Waals surface area contributed by atoms with Gasteiger partial charge in [-0.1, -0.05) is 28.7 Å². The van der Waals surface area contributed by atoms with E-state index in [0.29, 0.717) is 12.3 Å². The molecular formula is C13H15IO. The Morgan fingerprint density at radius 3 is 3.20 bits per heavy atom. The number of allylic oxidation sites excluding steroid dienone is 2. The van der Waals surface area contributed by atoms with Crippen molar-refractivity contribution in [3.63, 3.8) is 0 Å². The predicted molar refractivity (Wildman–Crippen MR) is 69.8 cm³/mol. The van der Waals surface area contributed by atoms with E-state index in [1.807, 2.05) is 0 Å². The van der Waals surface area contributed by atoms with Crippen molar-refractivity contribution in [2.75, 3.05) is 0 Å². The summed E-state index contributed by atoms with van der Waals surface area (Å²) in [6.07, 6.45) is 14.4. The van der Waals surface area contributed by atoms with Gasteiger partial charge in [0.25, 0.3) is 0 Å². The van der Waals surface area contributed by atoms with E-state index in [-0.39, 0.29) is 11.2 Å². The van der Waals surface area contributed by atoms with Crippen molar-refractivity contribution in [1.82, 2.24) is 0 Å². The first-order valence-corrected chi connectivity index (χ1v) is 6.70. The molecule has 0 saturated heterocycles. The molecule has 80 valence electrons. The van der Waals surface area contributed by atoms with Crippen LogP contribution in [0.1, 0.15) is 32.1 Å². The lowest BCUT2D eigenvalue weighted by molar-refractivity contribution is -0.117. The second kappa shape index (κ2) is 4.29. The summed E-state index contributed by atoms with van der Waals surface area (Å²) in [7, 11) is 0. The molecule has 0 aliphatic heterocycles. The van der Waals surface area contributed by atoms with Crippen LogP contribution in [0.2, 0.25) is 0 Å². The first-order valence-electron chi connectivity index (χ1n) is 5.46. The number of halogens is 1. The van der Waals surface area contributed by atoms with Gasteiger partial charge >= 0.3 is 0 Å². The van der Waals surface area contributed by atoms with Crippen molar-refractivity contribution < 1.29 is 4.79 Å². The molecule has 2 aliphatic rings. The van der Waals surface area contributed by atoms with E-state index in [9.17, 15) is 4.79 Å². The first-order chi connectivity index (χ1) is 7.16. The number of ketones is 1. The summed E-state index contributed by atoms with van der Waals surface area (Å²) in [5, 5.41) is 0. The third-order valence-corrected chi connectivity index (χ3v) is 4.89. The van der Waals surface area contributed by atoms with Crippen molar-refractivity contribution in [3.05, 3.63) is 12.2 Å². The third kappa shape index (κ3) is 2.13. The van der Waals surface area contributed by atoms with Gasteiger partial charge in [-0.2, -0.15) is 0 Å². The molecule has 0 bridgehead atoms. The highest BCUT2D eigenvalue weighted by molar-refractivity contribution is 14.1. The van der Waals surface area contributed by atoms with E-state index in [0.717, 1.165) is 23.2 Å². The van der Waals surface area contributed by atoms with Crippen molar-refractivity contribution in [1.29, 1.82) is 0 Å². The molecule has 1 unspecified atom stereocenters. The van der Waals surface area contributed by atoms with E-state index in [4.69, 9.17) is 6.42 Å². The maximum absolute atomic E-state index is 11.4. The van der Waals surface area contributed by atoms with Crippen LogP contribution < -0.4 is 0 Å². The third-order valence-electron chi connectivity index (χ3n) is 3.76. The summed E-state index contributed by atoms with van der Waals surface area (Å²) in [5.41, 5.74) is 0.143. The van der Waals surface area contributed by atoms with Gasteiger partial charge in [0.15, 0.2) is 5.78 Å². The van der Waals surface area contributed by atoms with Gasteiger partial charge in [0.1, 0.15) is 0 Å². The summed E-state index contributed by atoms with van der Waals surface area (Å²) in [4.78, 5) is 11.4. The largest absolute Gasteiger partial charge is 0.295 e. The Kier molecular flexibility index (Phi) is 3.20. The number of terminal acetylenes is 1. The lowest BCUT2D eigenvalue weighted by atomic mass is 9.61. The molecule has 0 radical (unpaired) electrons. The number of hydrogen-bond donors (Lipinski definition) is 0. The van der Waals surface area contributed by atoms with Gasteiger partial charge in [-0.3, -0.25) is 4.79 Å². The molecule has 0 amide bonds. The number of fused-ring (bicyclic) bond motifs is 1. The van der Waals surface area contributed by atoms with E-state index in [1.54, 1.807) is 6.08 Å². The average molecular weight is 314 g/mol. The molecule has 0 heterocycles. The molecule has 3 atom stereocenters. The second-order valence-corrected chi connectivity index (χ2v) is 6.45. The Balaban J connectivity index is 2.27. The van der Waals surface area contributed by atoms with Gasteiger partial charge < -0.3 is 0 Å². The first kappa shape index (κ1) is 11.2. The van der Waals surface area contributed by atoms with Gasteiger partial charge in [0.05, 0.1) is 0 Å². The average Bonchev–Trinajstić information content (AvgIpc) is 2.20. The Morgan fingerprint density at radius 2 is 2.47 bits per heavy atom. The highest BCUT2D eigenvalue weighted by Gasteiger charge is 2.43. The monoisotopic (exact) mass is 314 g/mol. The van der Waals surface area contributed by atoms with Crippen LogP contribution in [0.3, 0.4) is 0 Å². The Hall–Kier alpha value is -0.300. The molecule has 1 nitrogen and oxygen atoms in total. The fourth-order valence-electron chi connectivity index (χ4n) is 2.85. The Morgan fingerprint density at radius 1 is 1.67 bits per heavy atom. The summed E-state index contributed by atoms with van der Waals surface area (Å²) < 4.78 is 0.720.